The van der Waals surface area contributed by atoms with Gasteiger partial charge in [-0.15, -0.1) is 0 Å². The van der Waals surface area contributed by atoms with Crippen molar-refractivity contribution in [1.29, 1.82) is 0 Å². The summed E-state index contributed by atoms with van der Waals surface area (Å²) in [5.41, 5.74) is 2.22. The lowest BCUT2D eigenvalue weighted by Crippen LogP contribution is -2.26. The summed E-state index contributed by atoms with van der Waals surface area (Å²) >= 11 is 0. The molecular weight excluding hydrogens is 456 g/mol. The molecule has 0 spiro atoms. The molecule has 0 N–H and O–H groups in total. The first kappa shape index (κ1) is 23.5. The van der Waals surface area contributed by atoms with E-state index in [2.05, 4.69) is 11.9 Å². The lowest BCUT2D eigenvalue weighted by molar-refractivity contribution is -0.144. The Hall–Kier alpha value is -4.26. The van der Waals surface area contributed by atoms with Crippen molar-refractivity contribution in [3.05, 3.63) is 98.8 Å². The number of carbonyl (C=O) groups is 1. The molecule has 0 aliphatic heterocycles. The monoisotopic (exact) mass is 482 g/mol. The standard InChI is InChI=1S/C29H26N2O5/c1-2-3-16-31-24-11-7-6-10-22(24)30-23(29(31)34)13-15-26(32)35-18-20-17-27(33)36-25-14-12-19-8-4-5-9-21(19)28(20)25/h4-12,14,17H,2-3,13,15-16,18H2,1H3. The first-order valence-electron chi connectivity index (χ1n) is 12.1. The fraction of sp³-hybridized carbons (Fsp3) is 0.241. The molecule has 0 fully saturated rings. The number of esters is 1. The molecule has 0 radical (unpaired) electrons. The third-order valence-electron chi connectivity index (χ3n) is 6.32. The number of para-hydroxylation sites is 2. The molecule has 0 aliphatic carbocycles. The topological polar surface area (TPSA) is 91.4 Å². The second kappa shape index (κ2) is 10.2. The van der Waals surface area contributed by atoms with Crippen LogP contribution in [-0.4, -0.2) is 15.5 Å². The van der Waals surface area contributed by atoms with Gasteiger partial charge in [0.1, 0.15) is 17.9 Å². The Balaban J connectivity index is 1.36. The van der Waals surface area contributed by atoms with Gasteiger partial charge in [-0.3, -0.25) is 9.59 Å². The number of hydrogen-bond donors (Lipinski definition) is 0. The Labute approximate surface area is 207 Å². The fourth-order valence-electron chi connectivity index (χ4n) is 4.53. The van der Waals surface area contributed by atoms with E-state index in [-0.39, 0.29) is 25.0 Å². The number of aryl methyl sites for hydroxylation is 2. The van der Waals surface area contributed by atoms with Crippen LogP contribution in [0, 0.1) is 0 Å². The van der Waals surface area contributed by atoms with Crippen LogP contribution in [0.1, 0.15) is 37.4 Å². The molecule has 182 valence electrons. The van der Waals surface area contributed by atoms with E-state index < -0.39 is 11.6 Å². The zero-order valence-corrected chi connectivity index (χ0v) is 20.0. The van der Waals surface area contributed by atoms with Crippen LogP contribution in [0.25, 0.3) is 32.8 Å². The number of aromatic nitrogens is 2. The molecule has 0 aliphatic rings. The Kier molecular flexibility index (Phi) is 6.62. The van der Waals surface area contributed by atoms with Gasteiger partial charge < -0.3 is 13.7 Å². The van der Waals surface area contributed by atoms with Crippen LogP contribution in [0.5, 0.6) is 0 Å². The van der Waals surface area contributed by atoms with Gasteiger partial charge >= 0.3 is 11.6 Å². The van der Waals surface area contributed by atoms with Crippen molar-refractivity contribution in [2.75, 3.05) is 0 Å². The second-order valence-corrected chi connectivity index (χ2v) is 8.77. The summed E-state index contributed by atoms with van der Waals surface area (Å²) in [5.74, 6) is -0.467. The van der Waals surface area contributed by atoms with Gasteiger partial charge in [0.15, 0.2) is 0 Å². The third kappa shape index (κ3) is 4.64. The lowest BCUT2D eigenvalue weighted by Gasteiger charge is -2.12. The van der Waals surface area contributed by atoms with Crippen LogP contribution in [0.4, 0.5) is 0 Å². The predicted molar refractivity (Wildman–Crippen MR) is 139 cm³/mol. The van der Waals surface area contributed by atoms with Crippen molar-refractivity contribution in [3.8, 4) is 0 Å². The number of nitrogens with zero attached hydrogens (tertiary/aromatic N) is 2. The molecule has 7 nitrogen and oxygen atoms in total. The zero-order valence-electron chi connectivity index (χ0n) is 20.0. The van der Waals surface area contributed by atoms with Gasteiger partial charge in [0.2, 0.25) is 0 Å². The smallest absolute Gasteiger partial charge is 0.336 e. The van der Waals surface area contributed by atoms with Gasteiger partial charge in [0.05, 0.1) is 17.5 Å². The number of hydrogen-bond acceptors (Lipinski definition) is 6. The maximum atomic E-state index is 13.1. The molecule has 2 aromatic heterocycles. The summed E-state index contributed by atoms with van der Waals surface area (Å²) in [6.45, 7) is 2.61. The number of unbranched alkanes of at least 4 members (excludes halogenated alkanes) is 1. The predicted octanol–water partition coefficient (Wildman–Crippen LogP) is 5.13. The van der Waals surface area contributed by atoms with Gasteiger partial charge in [0.25, 0.3) is 5.56 Å². The highest BCUT2D eigenvalue weighted by Crippen LogP contribution is 2.27. The van der Waals surface area contributed by atoms with Gasteiger partial charge in [-0.1, -0.05) is 55.8 Å². The molecule has 0 saturated heterocycles. The minimum Gasteiger partial charge on any atom is -0.461 e. The molecule has 36 heavy (non-hydrogen) atoms. The van der Waals surface area contributed by atoms with Gasteiger partial charge in [-0.25, -0.2) is 9.78 Å². The summed E-state index contributed by atoms with van der Waals surface area (Å²) in [5, 5.41) is 2.65. The maximum absolute atomic E-state index is 13.1. The largest absolute Gasteiger partial charge is 0.461 e. The van der Waals surface area contributed by atoms with E-state index >= 15 is 0 Å². The molecule has 0 unspecified atom stereocenters. The number of carbonyl (C=O) groups excluding carboxylic acids is 1. The van der Waals surface area contributed by atoms with Crippen LogP contribution in [0.3, 0.4) is 0 Å². The van der Waals surface area contributed by atoms with Crippen molar-refractivity contribution >= 4 is 38.7 Å². The Morgan fingerprint density at radius 2 is 1.83 bits per heavy atom. The van der Waals surface area contributed by atoms with Crippen molar-refractivity contribution in [3.63, 3.8) is 0 Å². The third-order valence-corrected chi connectivity index (χ3v) is 6.32. The highest BCUT2D eigenvalue weighted by molar-refractivity contribution is 6.07. The molecular formula is C29H26N2O5. The highest BCUT2D eigenvalue weighted by Gasteiger charge is 2.15. The Bertz CT molecular complexity index is 1700. The molecule has 0 saturated carbocycles. The van der Waals surface area contributed by atoms with Crippen LogP contribution in [0.2, 0.25) is 0 Å². The van der Waals surface area contributed by atoms with Crippen molar-refractivity contribution in [2.45, 2.75) is 45.8 Å². The first-order valence-corrected chi connectivity index (χ1v) is 12.1. The van der Waals surface area contributed by atoms with Crippen molar-refractivity contribution in [1.82, 2.24) is 9.55 Å². The average Bonchev–Trinajstić information content (AvgIpc) is 2.89. The lowest BCUT2D eigenvalue weighted by atomic mass is 10.0. The summed E-state index contributed by atoms with van der Waals surface area (Å²) in [7, 11) is 0. The molecule has 5 aromatic rings. The normalized spacial score (nSPS) is 11.4. The number of rotatable bonds is 8. The van der Waals surface area contributed by atoms with E-state index in [1.54, 1.807) is 10.6 Å². The second-order valence-electron chi connectivity index (χ2n) is 8.77. The van der Waals surface area contributed by atoms with Crippen LogP contribution in [-0.2, 0) is 29.1 Å². The minimum atomic E-state index is -0.503. The summed E-state index contributed by atoms with van der Waals surface area (Å²) < 4.78 is 12.6. The molecule has 7 heteroatoms. The van der Waals surface area contributed by atoms with Crippen LogP contribution >= 0.6 is 0 Å². The summed E-state index contributed by atoms with van der Waals surface area (Å²) in [6, 6.07) is 20.3. The zero-order chi connectivity index (χ0) is 25.1. The van der Waals surface area contributed by atoms with Crippen LogP contribution < -0.4 is 11.2 Å². The summed E-state index contributed by atoms with van der Waals surface area (Å²) in [4.78, 5) is 42.4. The van der Waals surface area contributed by atoms with Gasteiger partial charge in [0, 0.05) is 30.0 Å². The first-order chi connectivity index (χ1) is 17.5. The molecule has 2 heterocycles. The Morgan fingerprint density at radius 3 is 2.69 bits per heavy atom. The van der Waals surface area contributed by atoms with Gasteiger partial charge in [-0.05, 0) is 35.4 Å². The van der Waals surface area contributed by atoms with E-state index in [0.29, 0.717) is 23.4 Å². The minimum absolute atomic E-state index is 0.00841. The molecule has 0 amide bonds. The molecule has 5 rings (SSSR count). The van der Waals surface area contributed by atoms with E-state index in [0.717, 1.165) is 40.0 Å². The van der Waals surface area contributed by atoms with Crippen molar-refractivity contribution in [2.24, 2.45) is 0 Å². The van der Waals surface area contributed by atoms with Gasteiger partial charge in [-0.2, -0.15) is 0 Å². The Morgan fingerprint density at radius 1 is 1.03 bits per heavy atom. The highest BCUT2D eigenvalue weighted by atomic mass is 16.5. The van der Waals surface area contributed by atoms with E-state index in [1.807, 2.05) is 54.6 Å². The summed E-state index contributed by atoms with van der Waals surface area (Å²) in [6.07, 6.45) is 2.03. The number of ether oxygens (including phenoxy) is 1. The van der Waals surface area contributed by atoms with E-state index in [9.17, 15) is 14.4 Å². The molecule has 3 aromatic carbocycles. The molecule has 0 bridgehead atoms. The van der Waals surface area contributed by atoms with Crippen molar-refractivity contribution < 1.29 is 13.9 Å². The molecule has 0 atom stereocenters. The van der Waals surface area contributed by atoms with E-state index in [1.165, 1.54) is 6.07 Å². The van der Waals surface area contributed by atoms with E-state index in [4.69, 9.17) is 9.15 Å². The fourth-order valence-corrected chi connectivity index (χ4v) is 4.53. The van der Waals surface area contributed by atoms with Crippen LogP contribution in [0.15, 0.2) is 80.7 Å². The maximum Gasteiger partial charge on any atom is 0.336 e. The number of fused-ring (bicyclic) bond motifs is 4. The quantitative estimate of drug-likeness (QED) is 0.173. The SMILES string of the molecule is CCCCn1c(=O)c(CCC(=O)OCc2cc(=O)oc3ccc4ccccc4c23)nc2ccccc21. The average molecular weight is 483 g/mol. The number of benzene rings is 3.